The number of carbonyl (C=O) groups is 1. The fourth-order valence-electron chi connectivity index (χ4n) is 3.56. The van der Waals surface area contributed by atoms with Crippen molar-refractivity contribution in [2.45, 2.75) is 32.9 Å². The summed E-state index contributed by atoms with van der Waals surface area (Å²) in [6.07, 6.45) is 0.0535. The van der Waals surface area contributed by atoms with Gasteiger partial charge < -0.3 is 15.2 Å². The quantitative estimate of drug-likeness (QED) is 0.295. The number of aryl methyl sites for hydroxylation is 2. The van der Waals surface area contributed by atoms with Crippen molar-refractivity contribution in [3.63, 3.8) is 0 Å². The van der Waals surface area contributed by atoms with E-state index in [1.54, 1.807) is 42.5 Å². The Bertz CT molecular complexity index is 1570. The molecule has 38 heavy (non-hydrogen) atoms. The lowest BCUT2D eigenvalue weighted by atomic mass is 10.1. The average molecular weight is 557 g/mol. The number of halogens is 2. The van der Waals surface area contributed by atoms with Crippen molar-refractivity contribution in [2.24, 2.45) is 0 Å². The van der Waals surface area contributed by atoms with Crippen LogP contribution in [0.15, 0.2) is 64.2 Å². The Balaban J connectivity index is 1.63. The van der Waals surface area contributed by atoms with E-state index in [1.165, 1.54) is 4.57 Å². The number of nitrogens with one attached hydrogen (secondary N) is 1. The van der Waals surface area contributed by atoms with Gasteiger partial charge in [-0.25, -0.2) is 14.2 Å². The van der Waals surface area contributed by atoms with Crippen LogP contribution in [-0.2, 0) is 24.3 Å². The first-order valence-corrected chi connectivity index (χ1v) is 12.2. The molecule has 4 rings (SSSR count). The van der Waals surface area contributed by atoms with Gasteiger partial charge in [-0.3, -0.25) is 9.36 Å². The number of rotatable bonds is 10. The van der Waals surface area contributed by atoms with Gasteiger partial charge >= 0.3 is 17.3 Å². The van der Waals surface area contributed by atoms with Crippen molar-refractivity contribution in [2.75, 3.05) is 5.32 Å². The Kier molecular flexibility index (Phi) is 8.39. The summed E-state index contributed by atoms with van der Waals surface area (Å²) < 4.78 is 7.87. The summed E-state index contributed by atoms with van der Waals surface area (Å²) in [6, 6.07) is 15.4. The molecule has 2 aromatic carbocycles. The van der Waals surface area contributed by atoms with Crippen LogP contribution in [0.4, 0.5) is 11.6 Å². The summed E-state index contributed by atoms with van der Waals surface area (Å²) in [5, 5.41) is 20.5. The molecule has 2 heterocycles. The monoisotopic (exact) mass is 556 g/mol. The second-order valence-corrected chi connectivity index (χ2v) is 9.05. The molecular formula is C25H22Cl2N6O5. The number of aromatic nitrogens is 5. The highest BCUT2D eigenvalue weighted by atomic mass is 35.5. The van der Waals surface area contributed by atoms with Gasteiger partial charge in [0.2, 0.25) is 11.8 Å². The van der Waals surface area contributed by atoms with Crippen LogP contribution in [0.5, 0.6) is 11.6 Å². The Morgan fingerprint density at radius 1 is 1.00 bits per heavy atom. The first kappa shape index (κ1) is 26.8. The van der Waals surface area contributed by atoms with Crippen LogP contribution in [0.1, 0.15) is 17.5 Å². The van der Waals surface area contributed by atoms with Crippen LogP contribution in [0, 0.1) is 6.92 Å². The molecule has 4 aromatic rings. The van der Waals surface area contributed by atoms with Crippen LogP contribution in [0.2, 0.25) is 10.2 Å². The van der Waals surface area contributed by atoms with Gasteiger partial charge in [0.05, 0.1) is 6.42 Å². The van der Waals surface area contributed by atoms with Crippen molar-refractivity contribution < 1.29 is 14.6 Å². The number of hydrogen-bond donors (Lipinski definition) is 2. The molecule has 0 unspecified atom stereocenters. The maximum absolute atomic E-state index is 13.2. The molecule has 0 bridgehead atoms. The minimum atomic E-state index is -1.13. The topological polar surface area (TPSA) is 141 Å². The van der Waals surface area contributed by atoms with Crippen molar-refractivity contribution in [1.29, 1.82) is 0 Å². The van der Waals surface area contributed by atoms with Crippen molar-refractivity contribution >= 4 is 40.8 Å². The van der Waals surface area contributed by atoms with E-state index in [4.69, 9.17) is 33.0 Å². The van der Waals surface area contributed by atoms with Crippen LogP contribution in [0.3, 0.4) is 0 Å². The van der Waals surface area contributed by atoms with Crippen LogP contribution >= 0.6 is 23.2 Å². The Labute approximate surface area is 226 Å². The number of benzene rings is 2. The molecule has 196 valence electrons. The lowest BCUT2D eigenvalue weighted by Crippen LogP contribution is -2.43. The zero-order valence-corrected chi connectivity index (χ0v) is 21.6. The summed E-state index contributed by atoms with van der Waals surface area (Å²) in [4.78, 5) is 40.9. The van der Waals surface area contributed by atoms with Crippen molar-refractivity contribution in [1.82, 2.24) is 24.3 Å². The summed E-state index contributed by atoms with van der Waals surface area (Å²) in [6.45, 7) is 1.70. The van der Waals surface area contributed by atoms with Gasteiger partial charge in [0.1, 0.15) is 5.75 Å². The van der Waals surface area contributed by atoms with E-state index in [1.807, 2.05) is 19.1 Å². The molecule has 0 spiro atoms. The van der Waals surface area contributed by atoms with E-state index in [0.717, 1.165) is 15.7 Å². The maximum Gasteiger partial charge on any atom is 0.354 e. The summed E-state index contributed by atoms with van der Waals surface area (Å²) in [7, 11) is 0. The molecule has 13 heteroatoms. The number of hydrogen-bond acceptors (Lipinski definition) is 8. The molecule has 0 fully saturated rings. The molecule has 0 atom stereocenters. The van der Waals surface area contributed by atoms with Crippen molar-refractivity contribution in [3.05, 3.63) is 96.9 Å². The Morgan fingerprint density at radius 3 is 2.42 bits per heavy atom. The van der Waals surface area contributed by atoms with Crippen LogP contribution in [-0.4, -0.2) is 35.4 Å². The highest BCUT2D eigenvalue weighted by molar-refractivity contribution is 6.30. The standard InChI is InChI=1S/C25H22Cl2N6O5/c1-15-14-18(6-7-19(15)38-21-9-8-20(27)30-31-21)28-23-29-24(36)33(13-11-22(34)35)25(37)32(23)12-10-16-2-4-17(26)5-3-16/h2-9,14H,10-13H2,1H3,(H,34,35)(H,28,29,36). The fraction of sp³-hybridized carbons (Fsp3) is 0.200. The van der Waals surface area contributed by atoms with Gasteiger partial charge in [-0.1, -0.05) is 35.3 Å². The van der Waals surface area contributed by atoms with Gasteiger partial charge in [0.15, 0.2) is 5.15 Å². The molecule has 0 aliphatic heterocycles. The van der Waals surface area contributed by atoms with Gasteiger partial charge in [-0.15, -0.1) is 10.2 Å². The summed E-state index contributed by atoms with van der Waals surface area (Å²) >= 11 is 11.7. The number of nitrogens with zero attached hydrogens (tertiary/aromatic N) is 5. The SMILES string of the molecule is Cc1cc(Nc2nc(=O)n(CCC(=O)O)c(=O)n2CCc2ccc(Cl)cc2)ccc1Oc1ccc(Cl)nn1. The molecule has 0 saturated heterocycles. The third-order valence-corrected chi connectivity index (χ3v) is 5.94. The third kappa shape index (κ3) is 6.75. The largest absolute Gasteiger partial charge is 0.481 e. The second-order valence-electron chi connectivity index (χ2n) is 8.23. The fourth-order valence-corrected chi connectivity index (χ4v) is 3.79. The zero-order valence-electron chi connectivity index (χ0n) is 20.1. The predicted molar refractivity (Wildman–Crippen MR) is 142 cm³/mol. The minimum absolute atomic E-state index is 0.0252. The molecule has 0 saturated carbocycles. The first-order valence-electron chi connectivity index (χ1n) is 11.4. The summed E-state index contributed by atoms with van der Waals surface area (Å²) in [5.41, 5.74) is 0.682. The zero-order chi connectivity index (χ0) is 27.2. The highest BCUT2D eigenvalue weighted by Gasteiger charge is 2.15. The van der Waals surface area contributed by atoms with E-state index in [-0.39, 0.29) is 36.5 Å². The molecule has 0 amide bonds. The predicted octanol–water partition coefficient (Wildman–Crippen LogP) is 4.06. The number of carboxylic acid groups (broad SMARTS) is 1. The molecule has 0 radical (unpaired) electrons. The molecule has 0 aliphatic carbocycles. The highest BCUT2D eigenvalue weighted by Crippen LogP contribution is 2.27. The minimum Gasteiger partial charge on any atom is -0.481 e. The van der Waals surface area contributed by atoms with Gasteiger partial charge in [-0.2, -0.15) is 4.98 Å². The number of aliphatic carboxylic acids is 1. The number of ether oxygens (including phenoxy) is 1. The lowest BCUT2D eigenvalue weighted by Gasteiger charge is -2.16. The molecule has 2 aromatic heterocycles. The third-order valence-electron chi connectivity index (χ3n) is 5.49. The smallest absolute Gasteiger partial charge is 0.354 e. The molecular weight excluding hydrogens is 535 g/mol. The Morgan fingerprint density at radius 2 is 1.76 bits per heavy atom. The lowest BCUT2D eigenvalue weighted by molar-refractivity contribution is -0.137. The molecule has 0 aliphatic rings. The van der Waals surface area contributed by atoms with E-state index >= 15 is 0 Å². The van der Waals surface area contributed by atoms with Crippen LogP contribution in [0.25, 0.3) is 0 Å². The first-order chi connectivity index (χ1) is 18.2. The van der Waals surface area contributed by atoms with Crippen molar-refractivity contribution in [3.8, 4) is 11.6 Å². The normalized spacial score (nSPS) is 10.8. The van der Waals surface area contributed by atoms with Gasteiger partial charge in [0, 0.05) is 29.9 Å². The summed E-state index contributed by atoms with van der Waals surface area (Å²) in [5.74, 6) is -0.323. The van der Waals surface area contributed by atoms with Gasteiger partial charge in [0.25, 0.3) is 0 Å². The van der Waals surface area contributed by atoms with Crippen LogP contribution < -0.4 is 21.4 Å². The molecule has 11 nitrogen and oxygen atoms in total. The number of carboxylic acids is 1. The average Bonchev–Trinajstić information content (AvgIpc) is 2.87. The second kappa shape index (κ2) is 11.9. The maximum atomic E-state index is 13.2. The molecule has 2 N–H and O–H groups in total. The van der Waals surface area contributed by atoms with E-state index < -0.39 is 17.3 Å². The Hall–Kier alpha value is -4.22. The number of anilines is 2. The van der Waals surface area contributed by atoms with E-state index in [0.29, 0.717) is 22.9 Å². The van der Waals surface area contributed by atoms with Gasteiger partial charge in [-0.05, 0) is 60.9 Å². The van der Waals surface area contributed by atoms with E-state index in [9.17, 15) is 14.4 Å². The van der Waals surface area contributed by atoms with E-state index in [2.05, 4.69) is 20.5 Å².